The van der Waals surface area contributed by atoms with E-state index in [-0.39, 0.29) is 6.04 Å². The van der Waals surface area contributed by atoms with Gasteiger partial charge in [-0.2, -0.15) is 0 Å². The van der Waals surface area contributed by atoms with E-state index >= 15 is 0 Å². The Morgan fingerprint density at radius 1 is 0.704 bits per heavy atom. The molecule has 0 fully saturated rings. The quantitative estimate of drug-likeness (QED) is 0.420. The van der Waals surface area contributed by atoms with Gasteiger partial charge < -0.3 is 4.85 Å². The van der Waals surface area contributed by atoms with Gasteiger partial charge in [-0.1, -0.05) is 91.0 Å². The maximum atomic E-state index is 8.04. The fraction of sp³-hybridized carbons (Fsp3) is 0.200. The van der Waals surface area contributed by atoms with Crippen LogP contribution >= 0.6 is 0 Å². The fourth-order valence-electron chi connectivity index (χ4n) is 3.60. The van der Waals surface area contributed by atoms with E-state index in [1.165, 1.54) is 0 Å². The Balaban J connectivity index is 1.85. The first-order valence-corrected chi connectivity index (χ1v) is 9.21. The van der Waals surface area contributed by atoms with Crippen LogP contribution in [0.1, 0.15) is 42.0 Å². The third kappa shape index (κ3) is 4.08. The highest BCUT2D eigenvalue weighted by Gasteiger charge is 2.40. The first-order valence-electron chi connectivity index (χ1n) is 9.21. The monoisotopic (exact) mass is 350 g/mol. The zero-order chi connectivity index (χ0) is 19.0. The number of benzene rings is 3. The van der Waals surface area contributed by atoms with Gasteiger partial charge in [-0.3, -0.25) is 4.85 Å². The number of rotatable bonds is 7. The molecule has 1 atom stereocenters. The zero-order valence-corrected chi connectivity index (χ0v) is 15.3. The van der Waals surface area contributed by atoms with Crippen molar-refractivity contribution in [2.75, 3.05) is 0 Å². The molecule has 0 N–H and O–H groups in total. The molecular weight excluding hydrogens is 328 g/mol. The van der Waals surface area contributed by atoms with Crippen LogP contribution < -0.4 is 0 Å². The van der Waals surface area contributed by atoms with Gasteiger partial charge in [0.1, 0.15) is 0 Å². The van der Waals surface area contributed by atoms with E-state index in [0.29, 0.717) is 6.42 Å². The molecule has 0 spiro atoms. The molecule has 0 aliphatic carbocycles. The predicted molar refractivity (Wildman–Crippen MR) is 110 cm³/mol. The molecule has 0 saturated heterocycles. The van der Waals surface area contributed by atoms with Crippen molar-refractivity contribution in [3.05, 3.63) is 131 Å². The van der Waals surface area contributed by atoms with E-state index < -0.39 is 5.54 Å². The summed E-state index contributed by atoms with van der Waals surface area (Å²) in [6, 6.07) is 29.9. The molecular formula is C25H22N2. The molecule has 0 aliphatic rings. The summed E-state index contributed by atoms with van der Waals surface area (Å²) < 4.78 is 0. The molecule has 0 amide bonds. The first kappa shape index (κ1) is 18.4. The predicted octanol–water partition coefficient (Wildman–Crippen LogP) is 6.68. The van der Waals surface area contributed by atoms with Crippen LogP contribution in [0.15, 0.2) is 91.0 Å². The summed E-state index contributed by atoms with van der Waals surface area (Å²) in [5.41, 5.74) is 2.39. The van der Waals surface area contributed by atoms with Crippen LogP contribution in [0.3, 0.4) is 0 Å². The molecule has 2 nitrogen and oxygen atoms in total. The largest absolute Gasteiger partial charge is 0.308 e. The van der Waals surface area contributed by atoms with Crippen LogP contribution in [0, 0.1) is 13.1 Å². The highest BCUT2D eigenvalue weighted by Crippen LogP contribution is 2.39. The average molecular weight is 350 g/mol. The molecule has 3 aromatic carbocycles. The van der Waals surface area contributed by atoms with Crippen LogP contribution in [-0.4, -0.2) is 0 Å². The minimum Gasteiger partial charge on any atom is -0.308 e. The lowest BCUT2D eigenvalue weighted by Crippen LogP contribution is -2.23. The molecule has 2 heteroatoms. The SMILES string of the molecule is [C-]#[N+]C(CCCC([N+]#[C-])(c1ccccc1)c1ccccc1)c1ccccc1. The topological polar surface area (TPSA) is 8.72 Å². The lowest BCUT2D eigenvalue weighted by molar-refractivity contribution is 0.516. The molecule has 0 bridgehead atoms. The molecule has 0 heterocycles. The standard InChI is InChI=1S/C25H22N2/c1-26-24(21-13-6-3-7-14-21)19-12-20-25(27-2,22-15-8-4-9-16-22)23-17-10-5-11-18-23/h3-11,13-18,24H,12,19-20H2. The molecule has 132 valence electrons. The maximum absolute atomic E-state index is 8.04. The number of hydrogen-bond acceptors (Lipinski definition) is 0. The summed E-state index contributed by atoms with van der Waals surface area (Å²) in [6.07, 6.45) is 2.27. The Labute approximate surface area is 161 Å². The van der Waals surface area contributed by atoms with Gasteiger partial charge in [0.05, 0.1) is 0 Å². The van der Waals surface area contributed by atoms with E-state index in [2.05, 4.69) is 9.69 Å². The van der Waals surface area contributed by atoms with Crippen molar-refractivity contribution in [2.24, 2.45) is 0 Å². The van der Waals surface area contributed by atoms with Crippen molar-refractivity contribution in [1.29, 1.82) is 0 Å². The van der Waals surface area contributed by atoms with Gasteiger partial charge in [0, 0.05) is 29.5 Å². The van der Waals surface area contributed by atoms with Crippen LogP contribution in [0.4, 0.5) is 0 Å². The Morgan fingerprint density at radius 2 is 1.19 bits per heavy atom. The Hall–Kier alpha value is -3.36. The summed E-state index contributed by atoms with van der Waals surface area (Å²) >= 11 is 0. The van der Waals surface area contributed by atoms with E-state index in [4.69, 9.17) is 13.1 Å². The average Bonchev–Trinajstić information content (AvgIpc) is 2.76. The van der Waals surface area contributed by atoms with Gasteiger partial charge in [0.15, 0.2) is 0 Å². The highest BCUT2D eigenvalue weighted by atomic mass is 14.8. The highest BCUT2D eigenvalue weighted by molar-refractivity contribution is 5.42. The third-order valence-corrected chi connectivity index (χ3v) is 5.05. The van der Waals surface area contributed by atoms with E-state index in [0.717, 1.165) is 29.5 Å². The third-order valence-electron chi connectivity index (χ3n) is 5.05. The van der Waals surface area contributed by atoms with Crippen LogP contribution in [0.2, 0.25) is 0 Å². The zero-order valence-electron chi connectivity index (χ0n) is 15.3. The molecule has 3 aromatic rings. The normalized spacial score (nSPS) is 11.9. The van der Waals surface area contributed by atoms with Crippen molar-refractivity contribution in [3.63, 3.8) is 0 Å². The molecule has 27 heavy (non-hydrogen) atoms. The van der Waals surface area contributed by atoms with Gasteiger partial charge >= 0.3 is 0 Å². The first-order chi connectivity index (χ1) is 13.3. The minimum absolute atomic E-state index is 0.152. The van der Waals surface area contributed by atoms with Gasteiger partial charge in [0.2, 0.25) is 6.04 Å². The summed E-state index contributed by atoms with van der Waals surface area (Å²) in [5.74, 6) is 0. The van der Waals surface area contributed by atoms with Gasteiger partial charge in [-0.05, 0) is 6.42 Å². The van der Waals surface area contributed by atoms with E-state index in [1.807, 2.05) is 91.0 Å². The van der Waals surface area contributed by atoms with Crippen molar-refractivity contribution in [1.82, 2.24) is 0 Å². The van der Waals surface area contributed by atoms with Gasteiger partial charge in [-0.15, -0.1) is 0 Å². The van der Waals surface area contributed by atoms with E-state index in [1.54, 1.807) is 0 Å². The summed E-state index contributed by atoms with van der Waals surface area (Å²) in [7, 11) is 0. The summed E-state index contributed by atoms with van der Waals surface area (Å²) in [4.78, 5) is 7.95. The molecule has 1 unspecified atom stereocenters. The van der Waals surface area contributed by atoms with Crippen molar-refractivity contribution in [2.45, 2.75) is 30.8 Å². The van der Waals surface area contributed by atoms with Crippen LogP contribution in [0.25, 0.3) is 9.69 Å². The summed E-state index contributed by atoms with van der Waals surface area (Å²) in [5, 5.41) is 0. The second kappa shape index (κ2) is 8.84. The van der Waals surface area contributed by atoms with E-state index in [9.17, 15) is 0 Å². The lowest BCUT2D eigenvalue weighted by atomic mass is 9.79. The second-order valence-corrected chi connectivity index (χ2v) is 6.65. The molecule has 0 saturated carbocycles. The second-order valence-electron chi connectivity index (χ2n) is 6.65. The smallest absolute Gasteiger partial charge is 0.282 e. The summed E-state index contributed by atoms with van der Waals surface area (Å²) in [6.45, 7) is 15.6. The Morgan fingerprint density at radius 3 is 1.63 bits per heavy atom. The van der Waals surface area contributed by atoms with Crippen molar-refractivity contribution >= 4 is 0 Å². The van der Waals surface area contributed by atoms with Crippen LogP contribution in [0.5, 0.6) is 0 Å². The molecule has 0 aromatic heterocycles. The maximum Gasteiger partial charge on any atom is 0.282 e. The number of hydrogen-bond donors (Lipinski definition) is 0. The van der Waals surface area contributed by atoms with Crippen LogP contribution in [-0.2, 0) is 5.54 Å². The minimum atomic E-state index is -0.703. The van der Waals surface area contributed by atoms with Crippen molar-refractivity contribution in [3.8, 4) is 0 Å². The lowest BCUT2D eigenvalue weighted by Gasteiger charge is -2.23. The molecule has 0 radical (unpaired) electrons. The fourth-order valence-corrected chi connectivity index (χ4v) is 3.60. The van der Waals surface area contributed by atoms with Crippen molar-refractivity contribution < 1.29 is 0 Å². The molecule has 3 rings (SSSR count). The molecule has 0 aliphatic heterocycles. The van der Waals surface area contributed by atoms with Gasteiger partial charge in [0.25, 0.3) is 5.54 Å². The number of nitrogens with zero attached hydrogens (tertiary/aromatic N) is 2. The van der Waals surface area contributed by atoms with Gasteiger partial charge in [-0.25, -0.2) is 13.1 Å². The Kier molecular flexibility index (Phi) is 6.03. The Bertz CT molecular complexity index is 879.